The summed E-state index contributed by atoms with van der Waals surface area (Å²) in [5, 5.41) is 3.00. The zero-order chi connectivity index (χ0) is 25.8. The van der Waals surface area contributed by atoms with Crippen molar-refractivity contribution in [2.75, 3.05) is 23.9 Å². The summed E-state index contributed by atoms with van der Waals surface area (Å²) in [6, 6.07) is 18.3. The van der Waals surface area contributed by atoms with Gasteiger partial charge in [0.15, 0.2) is 22.4 Å². The normalized spacial score (nSPS) is 14.3. The van der Waals surface area contributed by atoms with Crippen LogP contribution in [0.3, 0.4) is 0 Å². The molecule has 1 heterocycles. The van der Waals surface area contributed by atoms with Gasteiger partial charge in [-0.15, -0.1) is 0 Å². The van der Waals surface area contributed by atoms with E-state index in [1.807, 2.05) is 50.2 Å². The van der Waals surface area contributed by atoms with Crippen LogP contribution in [0.25, 0.3) is 6.08 Å². The summed E-state index contributed by atoms with van der Waals surface area (Å²) >= 11 is 13.2. The zero-order valence-corrected chi connectivity index (χ0v) is 22.2. The molecule has 1 N–H and O–H groups in total. The lowest BCUT2D eigenvalue weighted by atomic mass is 10.1. The summed E-state index contributed by atoms with van der Waals surface area (Å²) in [5.74, 6) is 0.0388. The summed E-state index contributed by atoms with van der Waals surface area (Å²) in [6.45, 7) is 3.70. The molecule has 0 aromatic heterocycles. The molecule has 0 spiro atoms. The first kappa shape index (κ1) is 25.8. The van der Waals surface area contributed by atoms with Gasteiger partial charge in [0.1, 0.15) is 0 Å². The average molecular weight is 539 g/mol. The first-order valence-electron chi connectivity index (χ1n) is 11.0. The van der Waals surface area contributed by atoms with Crippen molar-refractivity contribution in [3.8, 4) is 11.5 Å². The number of aryl methyl sites for hydroxylation is 2. The van der Waals surface area contributed by atoms with Crippen LogP contribution in [0, 0.1) is 13.8 Å². The quantitative estimate of drug-likeness (QED) is 0.278. The Morgan fingerprint density at radius 3 is 2.58 bits per heavy atom. The molecule has 0 aliphatic carbocycles. The molecular weight excluding hydrogens is 516 g/mol. The van der Waals surface area contributed by atoms with E-state index in [2.05, 4.69) is 5.32 Å². The van der Waals surface area contributed by atoms with Gasteiger partial charge in [0.2, 0.25) is 0 Å². The Balaban J connectivity index is 1.52. The fourth-order valence-corrected chi connectivity index (χ4v) is 5.26. The lowest BCUT2D eigenvalue weighted by Gasteiger charge is -2.17. The van der Waals surface area contributed by atoms with E-state index >= 15 is 0 Å². The maximum atomic E-state index is 13.2. The Kier molecular flexibility index (Phi) is 7.98. The summed E-state index contributed by atoms with van der Waals surface area (Å²) in [7, 11) is 1.48. The van der Waals surface area contributed by atoms with Gasteiger partial charge in [0.05, 0.1) is 22.7 Å². The predicted octanol–water partition coefficient (Wildman–Crippen LogP) is 6.39. The number of benzene rings is 3. The molecule has 0 bridgehead atoms. The first-order valence-corrected chi connectivity index (χ1v) is 12.6. The van der Waals surface area contributed by atoms with Gasteiger partial charge < -0.3 is 14.8 Å². The Labute approximate surface area is 224 Å². The molecule has 1 saturated heterocycles. The standard InChI is InChI=1S/C27H23ClN2O4S2/c1-16-9-10-21(17(2)11-16)30-26(32)23(36-27(30)35)14-18-12-20(28)25(22(13-18)33-3)34-15-24(31)29-19-7-5-4-6-8-19/h4-14H,15H2,1-3H3,(H,29,31)/b23-14-. The van der Waals surface area contributed by atoms with Crippen molar-refractivity contribution in [1.29, 1.82) is 0 Å². The highest BCUT2D eigenvalue weighted by atomic mass is 35.5. The number of nitrogens with one attached hydrogen (secondary N) is 1. The van der Waals surface area contributed by atoms with Crippen LogP contribution in [0.4, 0.5) is 11.4 Å². The Morgan fingerprint density at radius 2 is 1.89 bits per heavy atom. The Bertz CT molecular complexity index is 1380. The molecule has 0 unspecified atom stereocenters. The van der Waals surface area contributed by atoms with Gasteiger partial charge in [-0.05, 0) is 61.4 Å². The second-order valence-electron chi connectivity index (χ2n) is 8.04. The number of amides is 2. The highest BCUT2D eigenvalue weighted by Crippen LogP contribution is 2.40. The van der Waals surface area contributed by atoms with Crippen LogP contribution in [0.15, 0.2) is 65.6 Å². The van der Waals surface area contributed by atoms with Crippen molar-refractivity contribution >= 4 is 69.2 Å². The molecule has 3 aromatic rings. The van der Waals surface area contributed by atoms with Gasteiger partial charge in [-0.1, -0.05) is 71.5 Å². The number of thioether (sulfide) groups is 1. The van der Waals surface area contributed by atoms with Crippen LogP contribution in [0.5, 0.6) is 11.5 Å². The van der Waals surface area contributed by atoms with Crippen LogP contribution in [0.1, 0.15) is 16.7 Å². The monoisotopic (exact) mass is 538 g/mol. The summed E-state index contributed by atoms with van der Waals surface area (Å²) in [4.78, 5) is 27.5. The highest BCUT2D eigenvalue weighted by molar-refractivity contribution is 8.27. The molecule has 36 heavy (non-hydrogen) atoms. The number of nitrogens with zero attached hydrogens (tertiary/aromatic N) is 1. The molecule has 2 amide bonds. The third-order valence-corrected chi connectivity index (χ3v) is 6.92. The number of para-hydroxylation sites is 1. The van der Waals surface area contributed by atoms with Crippen molar-refractivity contribution < 1.29 is 19.1 Å². The number of halogens is 1. The third-order valence-electron chi connectivity index (χ3n) is 5.34. The van der Waals surface area contributed by atoms with Gasteiger partial charge in [0, 0.05) is 5.69 Å². The fourth-order valence-electron chi connectivity index (χ4n) is 3.70. The topological polar surface area (TPSA) is 67.9 Å². The van der Waals surface area contributed by atoms with E-state index in [0.29, 0.717) is 26.2 Å². The molecule has 1 aliphatic heterocycles. The number of thiocarbonyl (C=S) groups is 1. The van der Waals surface area contributed by atoms with Crippen molar-refractivity contribution in [2.24, 2.45) is 0 Å². The minimum atomic E-state index is -0.335. The summed E-state index contributed by atoms with van der Waals surface area (Å²) < 4.78 is 11.6. The van der Waals surface area contributed by atoms with E-state index in [4.69, 9.17) is 33.3 Å². The van der Waals surface area contributed by atoms with Crippen LogP contribution in [-0.2, 0) is 9.59 Å². The molecule has 1 fully saturated rings. The number of ether oxygens (including phenoxy) is 2. The predicted molar refractivity (Wildman–Crippen MR) is 150 cm³/mol. The van der Waals surface area contributed by atoms with Crippen LogP contribution >= 0.6 is 35.6 Å². The molecule has 6 nitrogen and oxygen atoms in total. The molecule has 0 radical (unpaired) electrons. The van der Waals surface area contributed by atoms with Crippen molar-refractivity contribution in [3.05, 3.63) is 87.3 Å². The minimum absolute atomic E-state index is 0.204. The number of hydrogen-bond acceptors (Lipinski definition) is 6. The molecule has 1 aliphatic rings. The number of carbonyl (C=O) groups excluding carboxylic acids is 2. The summed E-state index contributed by atoms with van der Waals surface area (Å²) in [5.41, 5.74) is 4.14. The van der Waals surface area contributed by atoms with Crippen molar-refractivity contribution in [2.45, 2.75) is 13.8 Å². The van der Waals surface area contributed by atoms with Gasteiger partial charge in [-0.25, -0.2) is 0 Å². The van der Waals surface area contributed by atoms with Crippen LogP contribution < -0.4 is 19.7 Å². The van der Waals surface area contributed by atoms with E-state index in [-0.39, 0.29) is 29.2 Å². The largest absolute Gasteiger partial charge is 0.493 e. The number of anilines is 2. The Hall–Kier alpha value is -3.33. The molecular formula is C27H23ClN2O4S2. The van der Waals surface area contributed by atoms with Crippen LogP contribution in [-0.4, -0.2) is 29.9 Å². The van der Waals surface area contributed by atoms with E-state index < -0.39 is 0 Å². The van der Waals surface area contributed by atoms with Crippen molar-refractivity contribution in [1.82, 2.24) is 0 Å². The molecule has 4 rings (SSSR count). The third kappa shape index (κ3) is 5.73. The smallest absolute Gasteiger partial charge is 0.270 e. The fraction of sp³-hybridized carbons (Fsp3) is 0.148. The minimum Gasteiger partial charge on any atom is -0.493 e. The number of methoxy groups -OCH3 is 1. The number of rotatable bonds is 7. The molecule has 0 saturated carbocycles. The SMILES string of the molecule is COc1cc(/C=C2\SC(=S)N(c3ccc(C)cc3C)C2=O)cc(Cl)c1OCC(=O)Nc1ccccc1. The summed E-state index contributed by atoms with van der Waals surface area (Å²) in [6.07, 6.45) is 1.71. The van der Waals surface area contributed by atoms with E-state index in [9.17, 15) is 9.59 Å². The molecule has 9 heteroatoms. The maximum absolute atomic E-state index is 13.2. The van der Waals surface area contributed by atoms with E-state index in [1.165, 1.54) is 18.9 Å². The van der Waals surface area contributed by atoms with Gasteiger partial charge in [-0.2, -0.15) is 0 Å². The number of carbonyl (C=O) groups is 2. The second-order valence-corrected chi connectivity index (χ2v) is 10.1. The van der Waals surface area contributed by atoms with Gasteiger partial charge >= 0.3 is 0 Å². The lowest BCUT2D eigenvalue weighted by Crippen LogP contribution is -2.28. The Morgan fingerprint density at radius 1 is 1.14 bits per heavy atom. The number of hydrogen-bond donors (Lipinski definition) is 1. The first-order chi connectivity index (χ1) is 17.3. The van der Waals surface area contributed by atoms with Gasteiger partial charge in [0.25, 0.3) is 11.8 Å². The van der Waals surface area contributed by atoms with Crippen LogP contribution in [0.2, 0.25) is 5.02 Å². The van der Waals surface area contributed by atoms with Gasteiger partial charge in [-0.3, -0.25) is 14.5 Å². The van der Waals surface area contributed by atoms with E-state index in [1.54, 1.807) is 35.2 Å². The van der Waals surface area contributed by atoms with E-state index in [0.717, 1.165) is 16.8 Å². The maximum Gasteiger partial charge on any atom is 0.270 e. The lowest BCUT2D eigenvalue weighted by molar-refractivity contribution is -0.118. The molecule has 0 atom stereocenters. The molecule has 184 valence electrons. The van der Waals surface area contributed by atoms with Crippen molar-refractivity contribution in [3.63, 3.8) is 0 Å². The zero-order valence-electron chi connectivity index (χ0n) is 19.8. The average Bonchev–Trinajstić information content (AvgIpc) is 3.11. The molecule has 3 aromatic carbocycles. The highest BCUT2D eigenvalue weighted by Gasteiger charge is 2.34. The second kappa shape index (κ2) is 11.2.